The van der Waals surface area contributed by atoms with Crippen LogP contribution in [-0.4, -0.2) is 28.7 Å². The molecule has 2 aromatic heterocycles. The van der Waals surface area contributed by atoms with E-state index in [1.165, 1.54) is 15.6 Å². The third-order valence-corrected chi connectivity index (χ3v) is 6.20. The van der Waals surface area contributed by atoms with Crippen LogP contribution < -0.4 is 0 Å². The normalized spacial score (nSPS) is 17.2. The van der Waals surface area contributed by atoms with Crippen LogP contribution >= 0.6 is 11.3 Å². The number of hydrogen-bond acceptors (Lipinski definition) is 4. The molecule has 0 bridgehead atoms. The monoisotopic (exact) mass is 375 g/mol. The fourth-order valence-corrected chi connectivity index (χ4v) is 4.77. The Morgan fingerprint density at radius 2 is 2.07 bits per heavy atom. The van der Waals surface area contributed by atoms with Gasteiger partial charge in [0.2, 0.25) is 0 Å². The van der Waals surface area contributed by atoms with Crippen LogP contribution in [0.15, 0.2) is 60.1 Å². The van der Waals surface area contributed by atoms with E-state index in [9.17, 15) is 0 Å². The van der Waals surface area contributed by atoms with E-state index < -0.39 is 0 Å². The highest BCUT2D eigenvalue weighted by molar-refractivity contribution is 7.17. The first-order valence-electron chi connectivity index (χ1n) is 8.96. The van der Waals surface area contributed by atoms with E-state index in [2.05, 4.69) is 50.8 Å². The van der Waals surface area contributed by atoms with Gasteiger partial charge in [-0.1, -0.05) is 12.1 Å². The molecule has 0 radical (unpaired) electrons. The van der Waals surface area contributed by atoms with Crippen molar-refractivity contribution < 1.29 is 4.39 Å². The number of halogens is 1. The maximum Gasteiger partial charge on any atom is 0.137 e. The standard InChI is InChI=1S/C22H18FN3S/c1-26-12-18(14-4-7-21-15(11-14)8-10-27-21)16-5-6-17(22(23)19(16)13-26)20-3-2-9-24-25-20/h2-11,18H,12-13H2,1H3. The third kappa shape index (κ3) is 2.83. The van der Waals surface area contributed by atoms with Crippen molar-refractivity contribution >= 4 is 21.4 Å². The Morgan fingerprint density at radius 1 is 1.15 bits per heavy atom. The molecular formula is C22H18FN3S. The highest BCUT2D eigenvalue weighted by atomic mass is 32.1. The summed E-state index contributed by atoms with van der Waals surface area (Å²) in [5.41, 5.74) is 4.17. The van der Waals surface area contributed by atoms with Gasteiger partial charge in [0.1, 0.15) is 5.82 Å². The SMILES string of the molecule is CN1Cc2c(ccc(-c3cccnn3)c2F)C(c2ccc3sccc3c2)C1. The Morgan fingerprint density at radius 3 is 2.93 bits per heavy atom. The molecule has 3 heterocycles. The Bertz CT molecular complexity index is 1120. The molecule has 0 saturated carbocycles. The molecule has 0 aliphatic carbocycles. The first-order valence-corrected chi connectivity index (χ1v) is 9.84. The molecule has 1 atom stereocenters. The van der Waals surface area contributed by atoms with Gasteiger partial charge >= 0.3 is 0 Å². The maximum atomic E-state index is 15.4. The van der Waals surface area contributed by atoms with Gasteiger partial charge in [-0.25, -0.2) is 4.39 Å². The van der Waals surface area contributed by atoms with E-state index in [0.717, 1.165) is 17.7 Å². The zero-order valence-electron chi connectivity index (χ0n) is 14.9. The molecule has 134 valence electrons. The molecule has 3 nitrogen and oxygen atoms in total. The van der Waals surface area contributed by atoms with Gasteiger partial charge in [0.25, 0.3) is 0 Å². The average molecular weight is 375 g/mol. The predicted octanol–water partition coefficient (Wildman–Crippen LogP) is 5.07. The summed E-state index contributed by atoms with van der Waals surface area (Å²) in [4.78, 5) is 2.19. The van der Waals surface area contributed by atoms with E-state index in [1.807, 2.05) is 13.1 Å². The second-order valence-corrected chi connectivity index (χ2v) is 8.02. The van der Waals surface area contributed by atoms with Crippen molar-refractivity contribution in [1.29, 1.82) is 0 Å². The maximum absolute atomic E-state index is 15.4. The summed E-state index contributed by atoms with van der Waals surface area (Å²) in [5, 5.41) is 11.3. The summed E-state index contributed by atoms with van der Waals surface area (Å²) in [6.45, 7) is 1.49. The van der Waals surface area contributed by atoms with Crippen molar-refractivity contribution in [3.63, 3.8) is 0 Å². The minimum atomic E-state index is -0.179. The molecule has 5 rings (SSSR count). The Balaban J connectivity index is 1.64. The summed E-state index contributed by atoms with van der Waals surface area (Å²) < 4.78 is 16.7. The number of benzene rings is 2. The van der Waals surface area contributed by atoms with Crippen molar-refractivity contribution in [3.8, 4) is 11.3 Å². The van der Waals surface area contributed by atoms with E-state index in [0.29, 0.717) is 17.8 Å². The topological polar surface area (TPSA) is 29.0 Å². The number of hydrogen-bond donors (Lipinski definition) is 0. The van der Waals surface area contributed by atoms with E-state index in [4.69, 9.17) is 0 Å². The van der Waals surface area contributed by atoms with Crippen molar-refractivity contribution in [2.75, 3.05) is 13.6 Å². The lowest BCUT2D eigenvalue weighted by molar-refractivity contribution is 0.289. The van der Waals surface area contributed by atoms with Crippen LogP contribution in [0.5, 0.6) is 0 Å². The first kappa shape index (κ1) is 16.5. The van der Waals surface area contributed by atoms with Crippen LogP contribution in [0.1, 0.15) is 22.6 Å². The zero-order chi connectivity index (χ0) is 18.4. The van der Waals surface area contributed by atoms with Crippen LogP contribution in [0.4, 0.5) is 4.39 Å². The minimum absolute atomic E-state index is 0.161. The number of rotatable bonds is 2. The number of nitrogens with zero attached hydrogens (tertiary/aromatic N) is 3. The summed E-state index contributed by atoms with van der Waals surface area (Å²) in [6, 6.07) is 16.2. The minimum Gasteiger partial charge on any atom is -0.301 e. The van der Waals surface area contributed by atoms with Gasteiger partial charge in [-0.2, -0.15) is 10.2 Å². The summed E-state index contributed by atoms with van der Waals surface area (Å²) in [7, 11) is 2.05. The smallest absolute Gasteiger partial charge is 0.137 e. The Labute approximate surface area is 161 Å². The average Bonchev–Trinajstić information content (AvgIpc) is 3.17. The Kier molecular flexibility index (Phi) is 3.99. The Hall–Kier alpha value is -2.63. The van der Waals surface area contributed by atoms with Crippen molar-refractivity contribution in [3.05, 3.63) is 82.6 Å². The van der Waals surface area contributed by atoms with Gasteiger partial charge in [-0.15, -0.1) is 11.3 Å². The van der Waals surface area contributed by atoms with Crippen molar-refractivity contribution in [2.24, 2.45) is 0 Å². The quantitative estimate of drug-likeness (QED) is 0.489. The van der Waals surface area contributed by atoms with Crippen LogP contribution in [-0.2, 0) is 6.54 Å². The summed E-state index contributed by atoms with van der Waals surface area (Å²) >= 11 is 1.75. The van der Waals surface area contributed by atoms with Gasteiger partial charge in [-0.05, 0) is 65.3 Å². The number of thiophene rings is 1. The number of likely N-dealkylation sites (N-methyl/N-ethyl adjacent to an activating group) is 1. The van der Waals surface area contributed by atoms with Crippen LogP contribution in [0.25, 0.3) is 21.3 Å². The fourth-order valence-electron chi connectivity index (χ4n) is 4.00. The van der Waals surface area contributed by atoms with Crippen molar-refractivity contribution in [1.82, 2.24) is 15.1 Å². The molecule has 0 spiro atoms. The second kappa shape index (κ2) is 6.51. The molecule has 1 aliphatic heterocycles. The molecule has 1 aliphatic rings. The van der Waals surface area contributed by atoms with Crippen LogP contribution in [0, 0.1) is 5.82 Å². The van der Waals surface area contributed by atoms with E-state index in [-0.39, 0.29) is 11.7 Å². The summed E-state index contributed by atoms with van der Waals surface area (Å²) in [6.07, 6.45) is 1.60. The molecule has 4 aromatic rings. The molecule has 0 saturated heterocycles. The highest BCUT2D eigenvalue weighted by Crippen LogP contribution is 2.38. The first-order chi connectivity index (χ1) is 13.2. The van der Waals surface area contributed by atoms with Crippen LogP contribution in [0.3, 0.4) is 0 Å². The number of fused-ring (bicyclic) bond motifs is 2. The predicted molar refractivity (Wildman–Crippen MR) is 107 cm³/mol. The molecule has 0 fully saturated rings. The lowest BCUT2D eigenvalue weighted by Crippen LogP contribution is -2.31. The van der Waals surface area contributed by atoms with Gasteiger partial charge in [-0.3, -0.25) is 0 Å². The number of aromatic nitrogens is 2. The fraction of sp³-hybridized carbons (Fsp3) is 0.182. The molecule has 2 aromatic carbocycles. The lowest BCUT2D eigenvalue weighted by atomic mass is 9.83. The van der Waals surface area contributed by atoms with Crippen molar-refractivity contribution in [2.45, 2.75) is 12.5 Å². The highest BCUT2D eigenvalue weighted by Gasteiger charge is 2.28. The molecule has 0 N–H and O–H groups in total. The van der Waals surface area contributed by atoms with Crippen LogP contribution in [0.2, 0.25) is 0 Å². The lowest BCUT2D eigenvalue weighted by Gasteiger charge is -2.33. The van der Waals surface area contributed by atoms with Gasteiger partial charge in [0, 0.05) is 41.0 Å². The molecule has 1 unspecified atom stereocenters. The summed E-state index contributed by atoms with van der Waals surface area (Å²) in [5.74, 6) is -0.0189. The van der Waals surface area contributed by atoms with Gasteiger partial charge in [0.15, 0.2) is 0 Å². The van der Waals surface area contributed by atoms with E-state index >= 15 is 4.39 Å². The molecule has 0 amide bonds. The zero-order valence-corrected chi connectivity index (χ0v) is 15.7. The van der Waals surface area contributed by atoms with E-state index in [1.54, 1.807) is 29.7 Å². The van der Waals surface area contributed by atoms with Gasteiger partial charge < -0.3 is 4.90 Å². The molecular weight excluding hydrogens is 357 g/mol. The third-order valence-electron chi connectivity index (χ3n) is 5.30. The second-order valence-electron chi connectivity index (χ2n) is 7.07. The largest absolute Gasteiger partial charge is 0.301 e. The van der Waals surface area contributed by atoms with Gasteiger partial charge in [0.05, 0.1) is 5.69 Å². The molecule has 27 heavy (non-hydrogen) atoms. The molecule has 5 heteroatoms.